The number of benzene rings is 1. The Bertz CT molecular complexity index is 483. The molecule has 0 heterocycles. The van der Waals surface area contributed by atoms with Crippen LogP contribution < -0.4 is 0 Å². The number of carboxylic acid groups (broad SMARTS) is 1. The van der Waals surface area contributed by atoms with E-state index in [2.05, 4.69) is 0 Å². The summed E-state index contributed by atoms with van der Waals surface area (Å²) in [5.74, 6) is -2.36. The molecule has 1 aliphatic carbocycles. The van der Waals surface area contributed by atoms with Crippen LogP contribution in [0.25, 0.3) is 5.57 Å². The van der Waals surface area contributed by atoms with Crippen molar-refractivity contribution in [2.75, 3.05) is 0 Å². The molecule has 0 atom stereocenters. The third-order valence-electron chi connectivity index (χ3n) is 3.52. The lowest BCUT2D eigenvalue weighted by molar-refractivity contribution is -0.131. The maximum absolute atomic E-state index is 13.3. The Kier molecular flexibility index (Phi) is 4.30. The molecular weight excluding hydrogens is 250 g/mol. The SMILES string of the molecule is O=C(O)/C=C(/c1cc(F)cc(F)c1)C1CCCCC1. The molecule has 1 aromatic carbocycles. The van der Waals surface area contributed by atoms with Crippen molar-refractivity contribution < 1.29 is 18.7 Å². The van der Waals surface area contributed by atoms with Gasteiger partial charge in [0.05, 0.1) is 0 Å². The summed E-state index contributed by atoms with van der Waals surface area (Å²) in [5, 5.41) is 8.95. The van der Waals surface area contributed by atoms with E-state index in [1.54, 1.807) is 0 Å². The third-order valence-corrected chi connectivity index (χ3v) is 3.52. The molecule has 1 saturated carbocycles. The first-order valence-corrected chi connectivity index (χ1v) is 6.47. The number of hydrogen-bond acceptors (Lipinski definition) is 1. The summed E-state index contributed by atoms with van der Waals surface area (Å²) in [7, 11) is 0. The molecule has 1 N–H and O–H groups in total. The molecule has 1 aliphatic rings. The summed E-state index contributed by atoms with van der Waals surface area (Å²) in [4.78, 5) is 10.9. The third kappa shape index (κ3) is 3.63. The number of hydrogen-bond donors (Lipinski definition) is 1. The number of halogens is 2. The van der Waals surface area contributed by atoms with Gasteiger partial charge in [0.1, 0.15) is 11.6 Å². The minimum absolute atomic E-state index is 0.0750. The largest absolute Gasteiger partial charge is 0.478 e. The molecule has 0 bridgehead atoms. The average Bonchev–Trinajstić information content (AvgIpc) is 2.35. The predicted octanol–water partition coefficient (Wildman–Crippen LogP) is 4.01. The van der Waals surface area contributed by atoms with Gasteiger partial charge in [0.2, 0.25) is 0 Å². The van der Waals surface area contributed by atoms with Crippen molar-refractivity contribution in [2.45, 2.75) is 32.1 Å². The first-order valence-electron chi connectivity index (χ1n) is 6.47. The highest BCUT2D eigenvalue weighted by atomic mass is 19.1. The van der Waals surface area contributed by atoms with E-state index in [4.69, 9.17) is 5.11 Å². The molecule has 4 heteroatoms. The highest BCUT2D eigenvalue weighted by Gasteiger charge is 2.21. The second-order valence-corrected chi connectivity index (χ2v) is 4.93. The molecule has 2 nitrogen and oxygen atoms in total. The molecule has 1 aromatic rings. The Morgan fingerprint density at radius 3 is 2.21 bits per heavy atom. The summed E-state index contributed by atoms with van der Waals surface area (Å²) >= 11 is 0. The molecule has 0 aliphatic heterocycles. The van der Waals surface area contributed by atoms with Crippen LogP contribution in [-0.2, 0) is 4.79 Å². The van der Waals surface area contributed by atoms with Gasteiger partial charge in [-0.3, -0.25) is 0 Å². The number of allylic oxidation sites excluding steroid dienone is 1. The Hall–Kier alpha value is -1.71. The highest BCUT2D eigenvalue weighted by Crippen LogP contribution is 2.35. The van der Waals surface area contributed by atoms with E-state index in [0.717, 1.165) is 44.2 Å². The van der Waals surface area contributed by atoms with Gasteiger partial charge < -0.3 is 5.11 Å². The van der Waals surface area contributed by atoms with Crippen LogP contribution in [0.15, 0.2) is 24.3 Å². The first kappa shape index (κ1) is 13.7. The van der Waals surface area contributed by atoms with E-state index in [9.17, 15) is 13.6 Å². The van der Waals surface area contributed by atoms with Gasteiger partial charge in [-0.2, -0.15) is 0 Å². The molecule has 0 saturated heterocycles. The molecular formula is C15H16F2O2. The second-order valence-electron chi connectivity index (χ2n) is 4.93. The molecule has 1 fully saturated rings. The fourth-order valence-electron chi connectivity index (χ4n) is 2.70. The summed E-state index contributed by atoms with van der Waals surface area (Å²) in [6, 6.07) is 3.20. The first-order chi connectivity index (χ1) is 9.06. The summed E-state index contributed by atoms with van der Waals surface area (Å²) in [6.45, 7) is 0. The summed E-state index contributed by atoms with van der Waals surface area (Å²) < 4.78 is 26.6. The Balaban J connectivity index is 2.39. The van der Waals surface area contributed by atoms with Crippen LogP contribution in [0.4, 0.5) is 8.78 Å². The zero-order chi connectivity index (χ0) is 13.8. The van der Waals surface area contributed by atoms with E-state index in [-0.39, 0.29) is 5.92 Å². The average molecular weight is 266 g/mol. The highest BCUT2D eigenvalue weighted by molar-refractivity contribution is 5.90. The van der Waals surface area contributed by atoms with Crippen molar-refractivity contribution in [1.29, 1.82) is 0 Å². The Morgan fingerprint density at radius 1 is 1.11 bits per heavy atom. The van der Waals surface area contributed by atoms with Gasteiger partial charge in [-0.1, -0.05) is 19.3 Å². The number of carbonyl (C=O) groups is 1. The van der Waals surface area contributed by atoms with Crippen LogP contribution >= 0.6 is 0 Å². The predicted molar refractivity (Wildman–Crippen MR) is 68.5 cm³/mol. The monoisotopic (exact) mass is 266 g/mol. The van der Waals surface area contributed by atoms with Crippen molar-refractivity contribution in [3.05, 3.63) is 41.5 Å². The number of carboxylic acids is 1. The number of aliphatic carboxylic acids is 1. The van der Waals surface area contributed by atoms with E-state index in [1.165, 1.54) is 12.1 Å². The van der Waals surface area contributed by atoms with E-state index >= 15 is 0 Å². The molecule has 0 aromatic heterocycles. The minimum atomic E-state index is -1.08. The van der Waals surface area contributed by atoms with Crippen LogP contribution in [0.1, 0.15) is 37.7 Å². The maximum Gasteiger partial charge on any atom is 0.328 e. The van der Waals surface area contributed by atoms with Crippen LogP contribution in [0, 0.1) is 17.6 Å². The second kappa shape index (κ2) is 5.95. The fourth-order valence-corrected chi connectivity index (χ4v) is 2.70. The minimum Gasteiger partial charge on any atom is -0.478 e. The zero-order valence-electron chi connectivity index (χ0n) is 10.5. The van der Waals surface area contributed by atoms with E-state index in [0.29, 0.717) is 11.1 Å². The lowest BCUT2D eigenvalue weighted by Crippen LogP contribution is -2.10. The molecule has 0 spiro atoms. The van der Waals surface area contributed by atoms with Crippen molar-refractivity contribution in [3.8, 4) is 0 Å². The molecule has 0 radical (unpaired) electrons. The lowest BCUT2D eigenvalue weighted by Gasteiger charge is -2.24. The maximum atomic E-state index is 13.3. The van der Waals surface area contributed by atoms with Crippen LogP contribution in [0.5, 0.6) is 0 Å². The van der Waals surface area contributed by atoms with Crippen molar-refractivity contribution >= 4 is 11.5 Å². The van der Waals surface area contributed by atoms with Gasteiger partial charge in [-0.15, -0.1) is 0 Å². The standard InChI is InChI=1S/C15H16F2O2/c16-12-6-11(7-13(17)8-12)14(9-15(18)19)10-4-2-1-3-5-10/h6-10H,1-5H2,(H,18,19)/b14-9+. The van der Waals surface area contributed by atoms with E-state index in [1.807, 2.05) is 0 Å². The zero-order valence-corrected chi connectivity index (χ0v) is 10.5. The Labute approximate surface area is 110 Å². The van der Waals surface area contributed by atoms with Crippen LogP contribution in [0.3, 0.4) is 0 Å². The quantitative estimate of drug-likeness (QED) is 0.839. The van der Waals surface area contributed by atoms with Crippen molar-refractivity contribution in [2.24, 2.45) is 5.92 Å². The number of rotatable bonds is 3. The van der Waals surface area contributed by atoms with Gasteiger partial charge in [-0.05, 0) is 42.0 Å². The molecule has 0 amide bonds. The smallest absolute Gasteiger partial charge is 0.328 e. The van der Waals surface area contributed by atoms with Crippen LogP contribution in [0.2, 0.25) is 0 Å². The fraction of sp³-hybridized carbons (Fsp3) is 0.400. The van der Waals surface area contributed by atoms with Gasteiger partial charge in [0, 0.05) is 12.1 Å². The summed E-state index contributed by atoms with van der Waals surface area (Å²) in [5.41, 5.74) is 0.873. The Morgan fingerprint density at radius 2 is 1.68 bits per heavy atom. The molecule has 0 unspecified atom stereocenters. The van der Waals surface area contributed by atoms with Gasteiger partial charge in [0.25, 0.3) is 0 Å². The van der Waals surface area contributed by atoms with Gasteiger partial charge in [-0.25, -0.2) is 13.6 Å². The molecule has 102 valence electrons. The van der Waals surface area contributed by atoms with Gasteiger partial charge >= 0.3 is 5.97 Å². The van der Waals surface area contributed by atoms with Crippen molar-refractivity contribution in [3.63, 3.8) is 0 Å². The van der Waals surface area contributed by atoms with E-state index < -0.39 is 17.6 Å². The molecule has 19 heavy (non-hydrogen) atoms. The normalized spacial score (nSPS) is 17.5. The van der Waals surface area contributed by atoms with Crippen LogP contribution in [-0.4, -0.2) is 11.1 Å². The molecule has 2 rings (SSSR count). The topological polar surface area (TPSA) is 37.3 Å². The van der Waals surface area contributed by atoms with Crippen molar-refractivity contribution in [1.82, 2.24) is 0 Å². The lowest BCUT2D eigenvalue weighted by atomic mass is 9.80. The van der Waals surface area contributed by atoms with Gasteiger partial charge in [0.15, 0.2) is 0 Å². The summed E-state index contributed by atoms with van der Waals surface area (Å²) in [6.07, 6.45) is 6.02.